The van der Waals surface area contributed by atoms with Crippen molar-refractivity contribution in [3.63, 3.8) is 0 Å². The Bertz CT molecular complexity index is 806. The van der Waals surface area contributed by atoms with Crippen molar-refractivity contribution in [2.45, 2.75) is 26.1 Å². The lowest BCUT2D eigenvalue weighted by Gasteiger charge is -2.34. The molecule has 0 N–H and O–H groups in total. The highest BCUT2D eigenvalue weighted by Crippen LogP contribution is 2.33. The Morgan fingerprint density at radius 2 is 2.15 bits per heavy atom. The zero-order valence-electron chi connectivity index (χ0n) is 15.3. The fraction of sp³-hybridized carbons (Fsp3) is 0.529. The number of thiocarbonyl (C=S) groups is 1. The van der Waals surface area contributed by atoms with Gasteiger partial charge in [0.05, 0.1) is 30.3 Å². The summed E-state index contributed by atoms with van der Waals surface area (Å²) in [6, 6.07) is 2.06. The molecular formula is C17H20N4O4S2. The number of rotatable bonds is 5. The summed E-state index contributed by atoms with van der Waals surface area (Å²) < 4.78 is 17.0. The van der Waals surface area contributed by atoms with Crippen LogP contribution in [0.3, 0.4) is 0 Å². The maximum atomic E-state index is 12.5. The van der Waals surface area contributed by atoms with Crippen molar-refractivity contribution in [1.29, 1.82) is 5.26 Å². The molecule has 0 saturated carbocycles. The molecule has 10 heteroatoms. The Kier molecular flexibility index (Phi) is 6.16. The monoisotopic (exact) mass is 408 g/mol. The first kappa shape index (κ1) is 19.8. The van der Waals surface area contributed by atoms with Gasteiger partial charge in [0.1, 0.15) is 10.4 Å². The minimum absolute atomic E-state index is 0.0193. The van der Waals surface area contributed by atoms with Gasteiger partial charge in [-0.1, -0.05) is 24.0 Å². The van der Waals surface area contributed by atoms with Crippen LogP contribution in [0.2, 0.25) is 0 Å². The molecular weight excluding hydrogens is 388 g/mol. The highest BCUT2D eigenvalue weighted by molar-refractivity contribution is 8.26. The van der Waals surface area contributed by atoms with Crippen molar-refractivity contribution in [2.24, 2.45) is 0 Å². The largest absolute Gasteiger partial charge is 0.420 e. The van der Waals surface area contributed by atoms with Crippen LogP contribution < -0.4 is 4.90 Å². The van der Waals surface area contributed by atoms with E-state index in [0.29, 0.717) is 41.4 Å². The summed E-state index contributed by atoms with van der Waals surface area (Å²) in [4.78, 5) is 20.6. The standard InChI is InChI=1S/C17H20N4O4S2/c1-10-8-20(9-11(2)24-10)16-12(7-18)19-14(25-16)6-13-15(22)21(4-5-23-3)17(26)27-13/h6,10-11H,4-5,8-9H2,1-3H3/b13-6+. The van der Waals surface area contributed by atoms with Crippen LogP contribution in [0.25, 0.3) is 6.08 Å². The first-order valence-corrected chi connectivity index (χ1v) is 9.71. The van der Waals surface area contributed by atoms with E-state index in [1.807, 2.05) is 18.7 Å². The number of carbonyl (C=O) groups excluding carboxylic acids is 1. The molecule has 2 unspecified atom stereocenters. The summed E-state index contributed by atoms with van der Waals surface area (Å²) in [5.74, 6) is 0.398. The normalized spacial score (nSPS) is 24.7. The third kappa shape index (κ3) is 4.32. The van der Waals surface area contributed by atoms with E-state index in [2.05, 4.69) is 11.1 Å². The van der Waals surface area contributed by atoms with Gasteiger partial charge in [-0.15, -0.1) is 0 Å². The summed E-state index contributed by atoms with van der Waals surface area (Å²) in [5, 5.41) is 9.42. The maximum absolute atomic E-state index is 12.5. The number of hydrogen-bond donors (Lipinski definition) is 0. The molecule has 2 saturated heterocycles. The van der Waals surface area contributed by atoms with Crippen LogP contribution in [0.5, 0.6) is 0 Å². The van der Waals surface area contributed by atoms with Gasteiger partial charge in [-0.05, 0) is 13.8 Å². The Morgan fingerprint density at radius 1 is 1.44 bits per heavy atom. The lowest BCUT2D eigenvalue weighted by molar-refractivity contribution is -0.122. The van der Waals surface area contributed by atoms with Crippen LogP contribution in [0.1, 0.15) is 25.4 Å². The van der Waals surface area contributed by atoms with Gasteiger partial charge in [0.15, 0.2) is 0 Å². The number of morpholine rings is 1. The molecule has 2 fully saturated rings. The van der Waals surface area contributed by atoms with Crippen LogP contribution in [-0.4, -0.2) is 65.7 Å². The second-order valence-corrected chi connectivity index (χ2v) is 7.98. The number of nitriles is 1. The Balaban J connectivity index is 1.83. The lowest BCUT2D eigenvalue weighted by Crippen LogP contribution is -2.45. The molecule has 144 valence electrons. The number of aromatic nitrogens is 1. The second kappa shape index (κ2) is 8.39. The minimum atomic E-state index is -0.214. The SMILES string of the molecule is COCCN1C(=O)/C(=C\c2nc(C#N)c(N3CC(C)OC(C)C3)o2)SC1=S. The molecule has 3 heterocycles. The predicted molar refractivity (Wildman–Crippen MR) is 105 cm³/mol. The quantitative estimate of drug-likeness (QED) is 0.536. The van der Waals surface area contributed by atoms with Crippen molar-refractivity contribution in [2.75, 3.05) is 38.3 Å². The number of ether oxygens (including phenoxy) is 2. The van der Waals surface area contributed by atoms with Crippen molar-refractivity contribution < 1.29 is 18.7 Å². The van der Waals surface area contributed by atoms with Crippen LogP contribution >= 0.6 is 24.0 Å². The van der Waals surface area contributed by atoms with Crippen LogP contribution in [-0.2, 0) is 14.3 Å². The summed E-state index contributed by atoms with van der Waals surface area (Å²) in [6.45, 7) is 5.94. The highest BCUT2D eigenvalue weighted by atomic mass is 32.2. The van der Waals surface area contributed by atoms with E-state index >= 15 is 0 Å². The van der Waals surface area contributed by atoms with Gasteiger partial charge < -0.3 is 18.8 Å². The number of amides is 1. The van der Waals surface area contributed by atoms with Gasteiger partial charge >= 0.3 is 0 Å². The molecule has 1 aromatic heterocycles. The van der Waals surface area contributed by atoms with Crippen molar-refractivity contribution in [3.05, 3.63) is 16.5 Å². The van der Waals surface area contributed by atoms with Gasteiger partial charge in [-0.25, -0.2) is 0 Å². The Hall–Kier alpha value is -1.93. The fourth-order valence-electron chi connectivity index (χ4n) is 3.01. The van der Waals surface area contributed by atoms with Crippen LogP contribution in [0.4, 0.5) is 5.88 Å². The Labute approximate surface area is 167 Å². The highest BCUT2D eigenvalue weighted by Gasteiger charge is 2.33. The van der Waals surface area contributed by atoms with Crippen molar-refractivity contribution in [3.8, 4) is 6.07 Å². The smallest absolute Gasteiger partial charge is 0.266 e. The molecule has 8 nitrogen and oxygen atoms in total. The van der Waals surface area contributed by atoms with Gasteiger partial charge in [-0.3, -0.25) is 9.69 Å². The van der Waals surface area contributed by atoms with E-state index in [1.165, 1.54) is 22.7 Å². The first-order valence-electron chi connectivity index (χ1n) is 8.48. The van der Waals surface area contributed by atoms with Gasteiger partial charge in [0.2, 0.25) is 17.5 Å². The molecule has 0 aromatic carbocycles. The van der Waals surface area contributed by atoms with Crippen molar-refractivity contribution in [1.82, 2.24) is 9.88 Å². The molecule has 0 aliphatic carbocycles. The van der Waals surface area contributed by atoms with E-state index in [0.717, 1.165) is 0 Å². The molecule has 0 bridgehead atoms. The summed E-state index contributed by atoms with van der Waals surface area (Å²) in [6.07, 6.45) is 1.57. The first-order chi connectivity index (χ1) is 12.9. The average Bonchev–Trinajstić information content (AvgIpc) is 3.14. The number of anilines is 1. The van der Waals surface area contributed by atoms with Gasteiger partial charge in [0.25, 0.3) is 5.91 Å². The molecule has 0 radical (unpaired) electrons. The molecule has 1 aromatic rings. The van der Waals surface area contributed by atoms with E-state index in [1.54, 1.807) is 7.11 Å². The zero-order valence-corrected chi connectivity index (χ0v) is 16.9. The lowest BCUT2D eigenvalue weighted by atomic mass is 10.2. The summed E-state index contributed by atoms with van der Waals surface area (Å²) >= 11 is 6.44. The fourth-order valence-corrected chi connectivity index (χ4v) is 4.28. The van der Waals surface area contributed by atoms with E-state index < -0.39 is 0 Å². The number of hydrogen-bond acceptors (Lipinski definition) is 9. The third-order valence-corrected chi connectivity index (χ3v) is 5.46. The molecule has 1 amide bonds. The van der Waals surface area contributed by atoms with Crippen molar-refractivity contribution >= 4 is 46.2 Å². The van der Waals surface area contributed by atoms with E-state index in [9.17, 15) is 10.1 Å². The summed E-state index contributed by atoms with van der Waals surface area (Å²) in [7, 11) is 1.57. The molecule has 2 atom stereocenters. The summed E-state index contributed by atoms with van der Waals surface area (Å²) in [5.41, 5.74) is 0.192. The topological polar surface area (TPSA) is 91.8 Å². The molecule has 3 rings (SSSR count). The van der Waals surface area contributed by atoms with Crippen LogP contribution in [0.15, 0.2) is 9.32 Å². The van der Waals surface area contributed by atoms with Gasteiger partial charge in [-0.2, -0.15) is 10.2 Å². The predicted octanol–water partition coefficient (Wildman–Crippen LogP) is 2.01. The number of nitrogens with zero attached hydrogens (tertiary/aromatic N) is 4. The van der Waals surface area contributed by atoms with E-state index in [-0.39, 0.29) is 29.7 Å². The molecule has 2 aliphatic heterocycles. The average molecular weight is 409 g/mol. The maximum Gasteiger partial charge on any atom is 0.266 e. The number of methoxy groups -OCH3 is 1. The number of thioether (sulfide) groups is 1. The van der Waals surface area contributed by atoms with Gasteiger partial charge in [0, 0.05) is 26.3 Å². The zero-order chi connectivity index (χ0) is 19.6. The van der Waals surface area contributed by atoms with Crippen LogP contribution in [0, 0.1) is 11.3 Å². The van der Waals surface area contributed by atoms with E-state index in [4.69, 9.17) is 26.1 Å². The molecule has 2 aliphatic rings. The number of carbonyl (C=O) groups is 1. The molecule has 0 spiro atoms. The Morgan fingerprint density at radius 3 is 2.78 bits per heavy atom. The second-order valence-electron chi connectivity index (χ2n) is 6.31. The number of oxazole rings is 1. The third-order valence-electron chi connectivity index (χ3n) is 4.09. The molecule has 27 heavy (non-hydrogen) atoms. The minimum Gasteiger partial charge on any atom is -0.420 e.